The molecule has 8 atom stereocenters. The van der Waals surface area contributed by atoms with Crippen LogP contribution in [0.5, 0.6) is 5.75 Å². The zero-order chi connectivity index (χ0) is 63.3. The molecule has 0 saturated carbocycles. The van der Waals surface area contributed by atoms with Gasteiger partial charge in [-0.15, -0.1) is 0 Å². The molecular formula is C62H87ClN8O16. The van der Waals surface area contributed by atoms with Crippen molar-refractivity contribution >= 4 is 69.9 Å². The van der Waals surface area contributed by atoms with Crippen LogP contribution in [0.15, 0.2) is 66.3 Å². The number of hydrazine groups is 1. The fraction of sp³-hybridized carbons (Fsp3) is 0.597. The number of methoxy groups -OCH3 is 2. The van der Waals surface area contributed by atoms with Crippen molar-refractivity contribution in [3.63, 3.8) is 0 Å². The summed E-state index contributed by atoms with van der Waals surface area (Å²) in [5.74, 6) is -3.51. The molecule has 4 bridgehead atoms. The topological polar surface area (TPSA) is 273 Å². The molecule has 0 aliphatic carbocycles. The number of nitrogens with zero attached hydrogens (tertiary/aromatic N) is 6. The van der Waals surface area contributed by atoms with Gasteiger partial charge in [0.05, 0.1) is 64.7 Å². The summed E-state index contributed by atoms with van der Waals surface area (Å²) in [6.07, 6.45) is 0.819. The van der Waals surface area contributed by atoms with Gasteiger partial charge in [-0.05, 0) is 82.3 Å². The van der Waals surface area contributed by atoms with E-state index in [2.05, 4.69) is 33.5 Å². The Labute approximate surface area is 513 Å². The molecule has 4 N–H and O–H groups in total. The number of benzene rings is 2. The number of nitrogens with one attached hydrogen (secondary N) is 2. The summed E-state index contributed by atoms with van der Waals surface area (Å²) < 4.78 is 43.0. The van der Waals surface area contributed by atoms with Gasteiger partial charge in [-0.2, -0.15) is 0 Å². The number of aromatic nitrogens is 1. The first-order chi connectivity index (χ1) is 41.4. The molecule has 478 valence electrons. The van der Waals surface area contributed by atoms with Gasteiger partial charge < -0.3 is 67.5 Å². The van der Waals surface area contributed by atoms with Crippen molar-refractivity contribution in [2.75, 3.05) is 93.4 Å². The Morgan fingerprint density at radius 1 is 0.966 bits per heavy atom. The van der Waals surface area contributed by atoms with Crippen LogP contribution in [0.4, 0.5) is 10.5 Å². The molecule has 1 aromatic heterocycles. The van der Waals surface area contributed by atoms with Crippen LogP contribution in [0.1, 0.15) is 90.3 Å². The Hall–Kier alpha value is -6.64. The Kier molecular flexibility index (Phi) is 23.8. The number of alkyl carbamates (subject to hydrolysis) is 1. The summed E-state index contributed by atoms with van der Waals surface area (Å²) in [6.45, 7) is 9.42. The minimum Gasteiger partial charge on any atom is -0.495 e. The average Bonchev–Trinajstić information content (AvgIpc) is 1.92. The fourth-order valence-electron chi connectivity index (χ4n) is 11.7. The van der Waals surface area contributed by atoms with Crippen LogP contribution in [-0.4, -0.2) is 212 Å². The Balaban J connectivity index is 1.03. The van der Waals surface area contributed by atoms with Crippen molar-refractivity contribution in [2.24, 2.45) is 5.92 Å². The fourth-order valence-corrected chi connectivity index (χ4v) is 12.0. The standard InChI is InChI=1S/C62H87ClN8O16/c1-39-14-13-17-50(82-10)62(80)37-49(85-60(79)65-62)40(2)58-61(4,87-58)51(36-55(75)68(8)47-33-42(32-39)34-48(81-9)57(47)63)86-59(78)41(3)67(7)52(72)18-19-54(74)71(27-29-84-31-30-83-28-23-56(76)77)44-20-24-69(25-21-44)53(73)22-26-70-45(38-66(6)64-5)35-43-15-11-12-16-46(43)70/h11-17,33-35,40-41,44,49-51,58,64,80H,18-32,36-38H2,1-10H3,(H,65,79)(H,76,77)/b17-13+,39-14+/t40-,41+,49?,50-,51+,58?,61+,62+/m1/s1. The molecule has 7 rings (SSSR count). The van der Waals surface area contributed by atoms with Gasteiger partial charge in [0.2, 0.25) is 23.6 Å². The summed E-state index contributed by atoms with van der Waals surface area (Å²) in [6, 6.07) is 12.3. The van der Waals surface area contributed by atoms with Gasteiger partial charge in [0, 0.05) is 103 Å². The number of fused-ring (bicyclic) bond motifs is 6. The molecule has 3 aromatic rings. The number of likely N-dealkylation sites (N-methyl/N-ethyl adjacent to an activating group) is 1. The third-order valence-electron chi connectivity index (χ3n) is 17.2. The van der Waals surface area contributed by atoms with E-state index < -0.39 is 84.0 Å². The van der Waals surface area contributed by atoms with E-state index in [1.54, 1.807) is 50.1 Å². The van der Waals surface area contributed by atoms with Crippen LogP contribution in [0, 0.1) is 5.92 Å². The number of hydrogen-bond acceptors (Lipinski definition) is 17. The lowest BCUT2D eigenvalue weighted by Crippen LogP contribution is -2.63. The van der Waals surface area contributed by atoms with E-state index in [9.17, 15) is 38.7 Å². The van der Waals surface area contributed by atoms with Crippen molar-refractivity contribution in [3.05, 3.63) is 82.5 Å². The first-order valence-electron chi connectivity index (χ1n) is 29.7. The zero-order valence-electron chi connectivity index (χ0n) is 51.7. The number of ether oxygens (including phenoxy) is 7. The monoisotopic (exact) mass is 1230 g/mol. The van der Waals surface area contributed by atoms with Crippen molar-refractivity contribution in [3.8, 4) is 5.75 Å². The third kappa shape index (κ3) is 17.2. The number of halogens is 1. The number of epoxide rings is 1. The second kappa shape index (κ2) is 30.5. The number of carbonyl (C=O) groups is 7. The minimum atomic E-state index is -1.90. The number of aliphatic hydroxyl groups is 1. The maximum Gasteiger partial charge on any atom is 0.409 e. The first-order valence-corrected chi connectivity index (χ1v) is 30.0. The van der Waals surface area contributed by atoms with Gasteiger partial charge in [-0.1, -0.05) is 60.5 Å². The summed E-state index contributed by atoms with van der Waals surface area (Å²) in [7, 11) is 9.66. The van der Waals surface area contributed by atoms with E-state index in [1.807, 2.05) is 49.1 Å². The van der Waals surface area contributed by atoms with E-state index in [4.69, 9.17) is 49.9 Å². The van der Waals surface area contributed by atoms with Crippen LogP contribution in [0.25, 0.3) is 10.9 Å². The summed E-state index contributed by atoms with van der Waals surface area (Å²) >= 11 is 6.87. The molecular weight excluding hydrogens is 1150 g/mol. The Bertz CT molecular complexity index is 3000. The van der Waals surface area contributed by atoms with Crippen molar-refractivity contribution in [1.82, 2.24) is 35.0 Å². The maximum atomic E-state index is 14.5. The number of piperidine rings is 1. The number of para-hydroxylation sites is 1. The summed E-state index contributed by atoms with van der Waals surface area (Å²) in [4.78, 5) is 101. The Morgan fingerprint density at radius 3 is 2.36 bits per heavy atom. The number of rotatable bonds is 24. The molecule has 0 radical (unpaired) electrons. The lowest BCUT2D eigenvalue weighted by molar-refractivity contribution is -0.162. The molecule has 0 spiro atoms. The quantitative estimate of drug-likeness (QED) is 0.0387. The smallest absolute Gasteiger partial charge is 0.409 e. The molecule has 87 heavy (non-hydrogen) atoms. The van der Waals surface area contributed by atoms with Gasteiger partial charge in [0.15, 0.2) is 5.72 Å². The number of carboxylic acids is 1. The number of esters is 1. The van der Waals surface area contributed by atoms with Gasteiger partial charge in [0.25, 0.3) is 0 Å². The SMILES string of the molecule is CNN(C)Cc1cc2ccccc2n1CCC(=O)N1CCC(N(CCOCCOCCC(=O)O)C(=O)CCC(=O)N(C)[C@@H](C)C(=O)O[C@H]2CC(=O)N(C)c3cc(cc(OC)c3Cl)C/C(C)=C/C=C/[C@@H](OC)[C@@]3(O)CC(OC(=O)N3)[C@@H](C)C3O[C@]32C)CC1. The van der Waals surface area contributed by atoms with Crippen molar-refractivity contribution in [1.29, 1.82) is 0 Å². The molecule has 3 saturated heterocycles. The highest BCUT2D eigenvalue weighted by atomic mass is 35.5. The number of aryl methyl sites for hydroxylation is 1. The number of allylic oxidation sites excluding steroid dienone is 3. The molecule has 5 amide bonds. The first kappa shape index (κ1) is 67.9. The largest absolute Gasteiger partial charge is 0.495 e. The number of carbonyl (C=O) groups excluding carboxylic acids is 6. The van der Waals surface area contributed by atoms with Crippen molar-refractivity contribution < 1.29 is 76.9 Å². The minimum absolute atomic E-state index is 0.00142. The van der Waals surface area contributed by atoms with Crippen LogP contribution in [0.3, 0.4) is 0 Å². The number of hydrogen-bond donors (Lipinski definition) is 4. The van der Waals surface area contributed by atoms with E-state index in [-0.39, 0.29) is 88.0 Å². The average molecular weight is 1240 g/mol. The molecule has 5 heterocycles. The zero-order valence-corrected chi connectivity index (χ0v) is 52.5. The molecule has 2 aromatic carbocycles. The summed E-state index contributed by atoms with van der Waals surface area (Å²) in [5, 5.41) is 26.7. The third-order valence-corrected chi connectivity index (χ3v) is 17.6. The number of carboxylic acid groups (broad SMARTS) is 1. The number of anilines is 1. The summed E-state index contributed by atoms with van der Waals surface area (Å²) in [5.41, 5.74) is 3.98. The lowest BCUT2D eigenvalue weighted by atomic mass is 9.83. The van der Waals surface area contributed by atoms with Crippen molar-refractivity contribution in [2.45, 2.75) is 146 Å². The normalized spacial score (nSPS) is 24.9. The van der Waals surface area contributed by atoms with Crippen LogP contribution in [-0.2, 0) is 76.7 Å². The van der Waals surface area contributed by atoms with E-state index in [0.29, 0.717) is 56.9 Å². The lowest BCUT2D eigenvalue weighted by Gasteiger charge is -2.42. The second-order valence-electron chi connectivity index (χ2n) is 23.1. The predicted octanol–water partition coefficient (Wildman–Crippen LogP) is 5.23. The molecule has 3 fully saturated rings. The van der Waals surface area contributed by atoms with Crippen LogP contribution < -0.4 is 20.4 Å². The van der Waals surface area contributed by atoms with Gasteiger partial charge in [-0.3, -0.25) is 34.7 Å². The number of amides is 5. The molecule has 2 unspecified atom stereocenters. The molecule has 4 aliphatic heterocycles. The van der Waals surface area contributed by atoms with Gasteiger partial charge in [0.1, 0.15) is 40.7 Å². The second-order valence-corrected chi connectivity index (χ2v) is 23.5. The highest BCUT2D eigenvalue weighted by Crippen LogP contribution is 2.49. The Morgan fingerprint density at radius 2 is 1.67 bits per heavy atom. The molecule has 25 heteroatoms. The maximum absolute atomic E-state index is 14.5. The molecule has 24 nitrogen and oxygen atoms in total. The van der Waals surface area contributed by atoms with E-state index >= 15 is 0 Å². The van der Waals surface area contributed by atoms with Crippen LogP contribution >= 0.6 is 11.6 Å². The highest BCUT2D eigenvalue weighted by Gasteiger charge is 2.64. The molecule has 4 aliphatic rings. The highest BCUT2D eigenvalue weighted by molar-refractivity contribution is 6.35. The van der Waals surface area contributed by atoms with E-state index in [1.165, 1.54) is 38.0 Å². The number of likely N-dealkylation sites (tertiary alicyclic amines) is 1. The van der Waals surface area contributed by atoms with E-state index in [0.717, 1.165) is 27.7 Å². The number of aliphatic carboxylic acids is 1. The van der Waals surface area contributed by atoms with Gasteiger partial charge in [-0.25, -0.2) is 14.6 Å². The van der Waals surface area contributed by atoms with Crippen LogP contribution in [0.2, 0.25) is 5.02 Å². The predicted molar refractivity (Wildman–Crippen MR) is 322 cm³/mol. The van der Waals surface area contributed by atoms with Gasteiger partial charge >= 0.3 is 18.0 Å².